The zero-order valence-corrected chi connectivity index (χ0v) is 5.48. The van der Waals surface area contributed by atoms with Crippen molar-refractivity contribution in [2.24, 2.45) is 5.73 Å². The van der Waals surface area contributed by atoms with Crippen molar-refractivity contribution in [3.05, 3.63) is 0 Å². The maximum atomic E-state index is 10.3. The zero-order valence-electron chi connectivity index (χ0n) is 4.73. The molecule has 0 aliphatic heterocycles. The minimum absolute atomic E-state index is 0.221. The third-order valence-corrected chi connectivity index (χ3v) is 1.06. The molecule has 3 nitrogen and oxygen atoms in total. The van der Waals surface area contributed by atoms with Crippen LogP contribution in [0.1, 0.15) is 6.42 Å². The highest BCUT2D eigenvalue weighted by atomic mass is 35.5. The van der Waals surface area contributed by atoms with Gasteiger partial charge in [0.05, 0.1) is 0 Å². The number of hydrogen-bond donors (Lipinski definition) is 2. The summed E-state index contributed by atoms with van der Waals surface area (Å²) in [7, 11) is 0. The number of nitrogens with one attached hydrogen (secondary N) is 1. The minimum atomic E-state index is -0.614. The lowest BCUT2D eigenvalue weighted by molar-refractivity contribution is -0.119. The second-order valence-electron chi connectivity index (χ2n) is 1.47. The molecule has 0 spiro atoms. The van der Waals surface area contributed by atoms with Crippen molar-refractivity contribution >= 4 is 17.7 Å². The van der Waals surface area contributed by atoms with E-state index in [-0.39, 0.29) is 6.42 Å². The molecule has 4 heteroatoms. The number of halogens is 1. The molecular weight excluding hydrogens is 140 g/mol. The van der Waals surface area contributed by atoms with Crippen LogP contribution in [0, 0.1) is 12.3 Å². The standard InChI is InChI=1S/C5H7ClN2O/c1-2-3-4(8-6)5(7)9/h1,4,8H,3H2,(H2,7,9)/t4-/m1/s1. The molecule has 0 aromatic heterocycles. The molecule has 1 atom stereocenters. The molecule has 0 aliphatic carbocycles. The summed E-state index contributed by atoms with van der Waals surface area (Å²) in [5.74, 6) is 1.71. The molecule has 3 N–H and O–H groups in total. The number of nitrogens with two attached hydrogens (primary N) is 1. The van der Waals surface area contributed by atoms with Crippen LogP contribution in [0.4, 0.5) is 0 Å². The van der Waals surface area contributed by atoms with Gasteiger partial charge in [0.15, 0.2) is 0 Å². The molecule has 0 saturated heterocycles. The number of primary amides is 1. The second-order valence-corrected chi connectivity index (χ2v) is 1.69. The van der Waals surface area contributed by atoms with Gasteiger partial charge in [0.1, 0.15) is 6.04 Å². The average Bonchev–Trinajstić information content (AvgIpc) is 1.82. The van der Waals surface area contributed by atoms with Crippen molar-refractivity contribution in [1.82, 2.24) is 4.84 Å². The second kappa shape index (κ2) is 4.19. The van der Waals surface area contributed by atoms with E-state index in [1.165, 1.54) is 0 Å². The van der Waals surface area contributed by atoms with E-state index >= 15 is 0 Å². The van der Waals surface area contributed by atoms with Crippen LogP contribution >= 0.6 is 11.8 Å². The predicted octanol–water partition coefficient (Wildman–Crippen LogP) is -0.393. The maximum absolute atomic E-state index is 10.3. The van der Waals surface area contributed by atoms with E-state index in [0.717, 1.165) is 0 Å². The summed E-state index contributed by atoms with van der Waals surface area (Å²) in [4.78, 5) is 12.5. The molecule has 0 aromatic carbocycles. The van der Waals surface area contributed by atoms with Crippen molar-refractivity contribution in [3.8, 4) is 12.3 Å². The average molecular weight is 147 g/mol. The third-order valence-electron chi connectivity index (χ3n) is 0.797. The van der Waals surface area contributed by atoms with E-state index in [0.29, 0.717) is 0 Å². The van der Waals surface area contributed by atoms with Gasteiger partial charge < -0.3 is 5.73 Å². The molecule has 0 rings (SSSR count). The molecule has 0 radical (unpaired) electrons. The van der Waals surface area contributed by atoms with Gasteiger partial charge in [-0.25, -0.2) is 4.84 Å². The SMILES string of the molecule is C#CC[C@@H](NCl)C(N)=O. The van der Waals surface area contributed by atoms with Crippen LogP contribution in [0.25, 0.3) is 0 Å². The first-order chi connectivity index (χ1) is 4.22. The third kappa shape index (κ3) is 2.96. The van der Waals surface area contributed by atoms with E-state index in [1.807, 2.05) is 0 Å². The Morgan fingerprint density at radius 1 is 2.00 bits per heavy atom. The lowest BCUT2D eigenvalue weighted by Crippen LogP contribution is -2.36. The fraction of sp³-hybridized carbons (Fsp3) is 0.400. The number of carbonyl (C=O) groups excluding carboxylic acids is 1. The van der Waals surface area contributed by atoms with E-state index in [2.05, 4.69) is 10.8 Å². The molecule has 0 fully saturated rings. The molecule has 0 unspecified atom stereocenters. The fourth-order valence-electron chi connectivity index (χ4n) is 0.311. The molecule has 0 bridgehead atoms. The first-order valence-corrected chi connectivity index (χ1v) is 2.69. The van der Waals surface area contributed by atoms with Gasteiger partial charge in [-0.2, -0.15) is 0 Å². The Hall–Kier alpha value is -0.720. The van der Waals surface area contributed by atoms with Crippen molar-refractivity contribution in [1.29, 1.82) is 0 Å². The predicted molar refractivity (Wildman–Crippen MR) is 35.4 cm³/mol. The minimum Gasteiger partial charge on any atom is -0.368 e. The molecular formula is C5H7ClN2O. The maximum Gasteiger partial charge on any atom is 0.236 e. The highest BCUT2D eigenvalue weighted by molar-refractivity contribution is 6.15. The van der Waals surface area contributed by atoms with Crippen LogP contribution in [0.3, 0.4) is 0 Å². The normalized spacial score (nSPS) is 12.0. The van der Waals surface area contributed by atoms with E-state index < -0.39 is 11.9 Å². The Morgan fingerprint density at radius 3 is 2.67 bits per heavy atom. The highest BCUT2D eigenvalue weighted by Gasteiger charge is 2.10. The molecule has 0 saturated carbocycles. The number of hydrogen-bond acceptors (Lipinski definition) is 2. The van der Waals surface area contributed by atoms with Crippen LogP contribution in [0.5, 0.6) is 0 Å². The Labute approximate surface area is 58.7 Å². The molecule has 0 aliphatic rings. The quantitative estimate of drug-likeness (QED) is 0.421. The van der Waals surface area contributed by atoms with E-state index in [4.69, 9.17) is 23.9 Å². The van der Waals surface area contributed by atoms with Crippen molar-refractivity contribution < 1.29 is 4.79 Å². The number of rotatable bonds is 3. The van der Waals surface area contributed by atoms with Gasteiger partial charge in [-0.05, 0) is 11.8 Å². The van der Waals surface area contributed by atoms with Gasteiger partial charge in [-0.15, -0.1) is 12.3 Å². The Morgan fingerprint density at radius 2 is 2.56 bits per heavy atom. The van der Waals surface area contributed by atoms with Gasteiger partial charge in [0, 0.05) is 6.42 Å². The summed E-state index contributed by atoms with van der Waals surface area (Å²) in [6.07, 6.45) is 5.11. The van der Waals surface area contributed by atoms with Crippen LogP contribution in [-0.2, 0) is 4.79 Å². The highest BCUT2D eigenvalue weighted by Crippen LogP contribution is 1.88. The van der Waals surface area contributed by atoms with Gasteiger partial charge in [0.25, 0.3) is 0 Å². The lowest BCUT2D eigenvalue weighted by Gasteiger charge is -2.03. The lowest BCUT2D eigenvalue weighted by atomic mass is 10.2. The summed E-state index contributed by atoms with van der Waals surface area (Å²) in [5, 5.41) is 0. The summed E-state index contributed by atoms with van der Waals surface area (Å²) >= 11 is 5.09. The number of amides is 1. The molecule has 9 heavy (non-hydrogen) atoms. The van der Waals surface area contributed by atoms with Crippen LogP contribution in [0.15, 0.2) is 0 Å². The van der Waals surface area contributed by atoms with Crippen LogP contribution in [0.2, 0.25) is 0 Å². The molecule has 50 valence electrons. The topological polar surface area (TPSA) is 55.1 Å². The monoisotopic (exact) mass is 146 g/mol. The molecule has 0 heterocycles. The summed E-state index contributed by atoms with van der Waals surface area (Å²) in [6, 6.07) is -0.614. The van der Waals surface area contributed by atoms with Crippen molar-refractivity contribution in [2.45, 2.75) is 12.5 Å². The first kappa shape index (κ1) is 8.28. The Kier molecular flexibility index (Phi) is 3.85. The smallest absolute Gasteiger partial charge is 0.236 e. The Balaban J connectivity index is 3.71. The largest absolute Gasteiger partial charge is 0.368 e. The van der Waals surface area contributed by atoms with Gasteiger partial charge in [0.2, 0.25) is 5.91 Å². The molecule has 1 amide bonds. The van der Waals surface area contributed by atoms with E-state index in [1.54, 1.807) is 0 Å². The fourth-order valence-corrected chi connectivity index (χ4v) is 0.495. The summed E-state index contributed by atoms with van der Waals surface area (Å²) < 4.78 is 0. The first-order valence-electron chi connectivity index (χ1n) is 2.31. The summed E-state index contributed by atoms with van der Waals surface area (Å²) in [6.45, 7) is 0. The zero-order chi connectivity index (χ0) is 7.28. The van der Waals surface area contributed by atoms with Crippen molar-refractivity contribution in [3.63, 3.8) is 0 Å². The van der Waals surface area contributed by atoms with Gasteiger partial charge >= 0.3 is 0 Å². The van der Waals surface area contributed by atoms with Crippen LogP contribution < -0.4 is 10.6 Å². The number of terminal acetylenes is 1. The van der Waals surface area contributed by atoms with Gasteiger partial charge in [-0.1, -0.05) is 0 Å². The van der Waals surface area contributed by atoms with E-state index in [9.17, 15) is 4.79 Å². The Bertz CT molecular complexity index is 140. The summed E-state index contributed by atoms with van der Waals surface area (Å²) in [5.41, 5.74) is 4.85. The number of carbonyl (C=O) groups is 1. The van der Waals surface area contributed by atoms with Crippen LogP contribution in [-0.4, -0.2) is 11.9 Å². The molecule has 0 aromatic rings. The van der Waals surface area contributed by atoms with Crippen molar-refractivity contribution in [2.75, 3.05) is 0 Å². The van der Waals surface area contributed by atoms with Gasteiger partial charge in [-0.3, -0.25) is 4.79 Å².